The van der Waals surface area contributed by atoms with Crippen molar-refractivity contribution in [1.82, 2.24) is 10.2 Å². The van der Waals surface area contributed by atoms with E-state index in [1.807, 2.05) is 0 Å². The zero-order valence-corrected chi connectivity index (χ0v) is 15.2. The molecule has 0 saturated carbocycles. The minimum atomic E-state index is -4.55. The molecule has 0 aromatic carbocycles. The molecule has 4 atom stereocenters. The van der Waals surface area contributed by atoms with E-state index in [9.17, 15) is 22.8 Å². The molecule has 1 amide bonds. The molecule has 2 unspecified atom stereocenters. The quantitative estimate of drug-likeness (QED) is 0.782. The molecule has 2 saturated heterocycles. The molecule has 0 aliphatic carbocycles. The fourth-order valence-electron chi connectivity index (χ4n) is 3.61. The minimum Gasteiger partial charge on any atom is -0.460 e. The van der Waals surface area contributed by atoms with E-state index < -0.39 is 42.0 Å². The molecule has 0 aromatic heterocycles. The predicted octanol–water partition coefficient (Wildman–Crippen LogP) is 2.50. The van der Waals surface area contributed by atoms with Crippen LogP contribution in [0.4, 0.5) is 13.2 Å². The second kappa shape index (κ2) is 7.13. The van der Waals surface area contributed by atoms with Crippen molar-refractivity contribution < 1.29 is 27.5 Å². The van der Waals surface area contributed by atoms with E-state index in [0.29, 0.717) is 0 Å². The molecule has 2 aliphatic heterocycles. The Morgan fingerprint density at radius 1 is 1.28 bits per heavy atom. The van der Waals surface area contributed by atoms with E-state index in [4.69, 9.17) is 4.74 Å². The van der Waals surface area contributed by atoms with Gasteiger partial charge in [0.1, 0.15) is 12.5 Å². The summed E-state index contributed by atoms with van der Waals surface area (Å²) >= 11 is 0. The average Bonchev–Trinajstić information content (AvgIpc) is 2.43. The number of carbonyl (C=O) groups is 2. The Hall–Kier alpha value is -1.31. The summed E-state index contributed by atoms with van der Waals surface area (Å²) in [5.74, 6) is -1.19. The number of nitrogens with one attached hydrogen (secondary N) is 1. The number of likely N-dealkylation sites (tertiary alicyclic amines) is 1. The number of fused-ring (bicyclic) bond motifs is 2. The highest BCUT2D eigenvalue weighted by Crippen LogP contribution is 2.33. The van der Waals surface area contributed by atoms with E-state index in [0.717, 1.165) is 19.4 Å². The third-order valence-electron chi connectivity index (χ3n) is 4.83. The summed E-state index contributed by atoms with van der Waals surface area (Å²) in [6.07, 6.45) is -5.11. The highest BCUT2D eigenvalue weighted by molar-refractivity contribution is 5.78. The van der Waals surface area contributed by atoms with Gasteiger partial charge in [0.2, 0.25) is 5.91 Å². The van der Waals surface area contributed by atoms with Gasteiger partial charge in [0.15, 0.2) is 0 Å². The molecular weight excluding hydrogens is 337 g/mol. The highest BCUT2D eigenvalue weighted by atomic mass is 19.4. The maximum atomic E-state index is 12.7. The largest absolute Gasteiger partial charge is 0.460 e. The first kappa shape index (κ1) is 20.0. The Bertz CT molecular complexity index is 516. The van der Waals surface area contributed by atoms with Crippen LogP contribution in [0.25, 0.3) is 0 Å². The summed E-state index contributed by atoms with van der Waals surface area (Å²) in [7, 11) is 0. The number of hydrogen-bond donors (Lipinski definition) is 1. The molecule has 2 heterocycles. The van der Waals surface area contributed by atoms with Gasteiger partial charge in [0.25, 0.3) is 0 Å². The van der Waals surface area contributed by atoms with E-state index >= 15 is 0 Å². The Kier molecular flexibility index (Phi) is 5.71. The lowest BCUT2D eigenvalue weighted by Crippen LogP contribution is -2.65. The second-order valence-electron chi connectivity index (χ2n) is 8.14. The third kappa shape index (κ3) is 5.09. The van der Waals surface area contributed by atoms with Crippen molar-refractivity contribution in [2.45, 2.75) is 71.3 Å². The average molecular weight is 364 g/mol. The summed E-state index contributed by atoms with van der Waals surface area (Å²) in [5, 5.41) is 3.27. The van der Waals surface area contributed by atoms with E-state index in [-0.39, 0.29) is 18.5 Å². The van der Waals surface area contributed by atoms with Crippen molar-refractivity contribution in [2.75, 3.05) is 13.1 Å². The number of nitrogens with zero attached hydrogens (tertiary/aromatic N) is 1. The van der Waals surface area contributed by atoms with Gasteiger partial charge in [0, 0.05) is 12.6 Å². The van der Waals surface area contributed by atoms with Crippen LogP contribution in [0, 0.1) is 11.3 Å². The van der Waals surface area contributed by atoms with Crippen LogP contribution in [0.5, 0.6) is 0 Å². The molecule has 2 rings (SSSR count). The zero-order chi connectivity index (χ0) is 19.0. The van der Waals surface area contributed by atoms with E-state index in [1.165, 1.54) is 4.90 Å². The Balaban J connectivity index is 2.19. The molecule has 2 aliphatic rings. The van der Waals surface area contributed by atoms with Gasteiger partial charge >= 0.3 is 12.1 Å². The van der Waals surface area contributed by atoms with Crippen LogP contribution in [0.1, 0.15) is 47.0 Å². The minimum absolute atomic E-state index is 0.160. The lowest BCUT2D eigenvalue weighted by Gasteiger charge is -2.50. The molecule has 2 fully saturated rings. The van der Waals surface area contributed by atoms with Crippen molar-refractivity contribution in [3.05, 3.63) is 0 Å². The van der Waals surface area contributed by atoms with E-state index in [1.54, 1.807) is 27.7 Å². The molecule has 2 bridgehead atoms. The Morgan fingerprint density at radius 3 is 2.48 bits per heavy atom. The smallest absolute Gasteiger partial charge is 0.397 e. The lowest BCUT2D eigenvalue weighted by atomic mass is 9.81. The summed E-state index contributed by atoms with van der Waals surface area (Å²) in [6.45, 7) is 7.83. The zero-order valence-electron chi connectivity index (χ0n) is 15.2. The van der Waals surface area contributed by atoms with Crippen LogP contribution in [-0.2, 0) is 14.3 Å². The highest BCUT2D eigenvalue weighted by Gasteiger charge is 2.46. The molecule has 144 valence electrons. The van der Waals surface area contributed by atoms with Gasteiger partial charge in [-0.05, 0) is 53.0 Å². The van der Waals surface area contributed by atoms with Crippen molar-refractivity contribution in [2.24, 2.45) is 11.3 Å². The van der Waals surface area contributed by atoms with Gasteiger partial charge in [-0.2, -0.15) is 13.2 Å². The first-order valence-corrected chi connectivity index (χ1v) is 8.69. The number of halogens is 3. The number of carbonyl (C=O) groups excluding carboxylic acids is 2. The van der Waals surface area contributed by atoms with Crippen molar-refractivity contribution in [1.29, 1.82) is 0 Å². The monoisotopic (exact) mass is 364 g/mol. The van der Waals surface area contributed by atoms with Crippen LogP contribution in [0.3, 0.4) is 0 Å². The summed E-state index contributed by atoms with van der Waals surface area (Å²) < 4.78 is 43.6. The van der Waals surface area contributed by atoms with Gasteiger partial charge < -0.3 is 15.0 Å². The first-order valence-electron chi connectivity index (χ1n) is 8.69. The first-order chi connectivity index (χ1) is 11.4. The summed E-state index contributed by atoms with van der Waals surface area (Å²) in [5.41, 5.74) is -0.716. The third-order valence-corrected chi connectivity index (χ3v) is 4.83. The van der Waals surface area contributed by atoms with Crippen molar-refractivity contribution in [3.8, 4) is 0 Å². The molecule has 1 N–H and O–H groups in total. The molecule has 0 aromatic rings. The maximum absolute atomic E-state index is 12.7. The van der Waals surface area contributed by atoms with Crippen LogP contribution in [0.15, 0.2) is 0 Å². The van der Waals surface area contributed by atoms with Crippen LogP contribution in [-0.4, -0.2) is 54.2 Å². The Labute approximate surface area is 146 Å². The molecule has 0 radical (unpaired) electrons. The molecule has 25 heavy (non-hydrogen) atoms. The number of rotatable bonds is 3. The number of esters is 1. The number of amides is 1. The fourth-order valence-corrected chi connectivity index (χ4v) is 3.61. The molecular formula is C17H27F3N2O3. The number of ether oxygens (including phenoxy) is 1. The second-order valence-corrected chi connectivity index (χ2v) is 8.14. The normalized spacial score (nSPS) is 28.4. The van der Waals surface area contributed by atoms with Gasteiger partial charge in [-0.1, -0.05) is 0 Å². The lowest BCUT2D eigenvalue weighted by molar-refractivity contribution is -0.176. The topological polar surface area (TPSA) is 58.6 Å². The fraction of sp³-hybridized carbons (Fsp3) is 0.882. The van der Waals surface area contributed by atoms with Crippen LogP contribution < -0.4 is 5.32 Å². The number of piperidine rings is 2. The standard InChI is InChI=1S/C17H27F3N2O3/c1-10(25-15(24)16(2,3)4)14-12-7-11(5-6-21-12)9-22(14)13(23)8-17(18,19)20/h10-12,14,21H,5-9H2,1-4H3/t10-,11?,12+,14?/m0/s1. The van der Waals surface area contributed by atoms with Crippen molar-refractivity contribution in [3.63, 3.8) is 0 Å². The van der Waals surface area contributed by atoms with Gasteiger partial charge in [-0.15, -0.1) is 0 Å². The molecule has 5 nitrogen and oxygen atoms in total. The van der Waals surface area contributed by atoms with Gasteiger partial charge in [-0.25, -0.2) is 0 Å². The summed E-state index contributed by atoms with van der Waals surface area (Å²) in [4.78, 5) is 25.7. The number of alkyl halides is 3. The number of hydrogen-bond acceptors (Lipinski definition) is 4. The molecule has 0 spiro atoms. The van der Waals surface area contributed by atoms with Crippen LogP contribution >= 0.6 is 0 Å². The SMILES string of the molecule is C[C@H](OC(=O)C(C)(C)C)C1[C@H]2CC(CCN2)CN1C(=O)CC(F)(F)F. The van der Waals surface area contributed by atoms with Crippen LogP contribution in [0.2, 0.25) is 0 Å². The van der Waals surface area contributed by atoms with E-state index in [2.05, 4.69) is 5.32 Å². The summed E-state index contributed by atoms with van der Waals surface area (Å²) in [6, 6.07) is -0.745. The van der Waals surface area contributed by atoms with Gasteiger partial charge in [-0.3, -0.25) is 9.59 Å². The predicted molar refractivity (Wildman–Crippen MR) is 85.7 cm³/mol. The van der Waals surface area contributed by atoms with Gasteiger partial charge in [0.05, 0.1) is 11.5 Å². The Morgan fingerprint density at radius 2 is 1.92 bits per heavy atom. The van der Waals surface area contributed by atoms with Crippen molar-refractivity contribution >= 4 is 11.9 Å². The molecule has 8 heteroatoms. The maximum Gasteiger partial charge on any atom is 0.397 e.